The molecule has 0 saturated carbocycles. The number of nitro groups is 1. The molecule has 31 heavy (non-hydrogen) atoms. The van der Waals surface area contributed by atoms with E-state index in [0.29, 0.717) is 22.0 Å². The van der Waals surface area contributed by atoms with Gasteiger partial charge in [-0.1, -0.05) is 28.9 Å². The number of rotatable bonds is 3. The SMILES string of the molecule is O=C1C2C3OC(C4C(c5cccc([N+](=O)[O-])c5)=NOC34)C2C(=O)N1c1ccc(Cl)cc1. The van der Waals surface area contributed by atoms with Crippen LogP contribution in [-0.2, 0) is 19.2 Å². The normalized spacial score (nSPS) is 32.7. The Balaban J connectivity index is 1.34. The van der Waals surface area contributed by atoms with E-state index in [1.165, 1.54) is 17.0 Å². The van der Waals surface area contributed by atoms with Crippen LogP contribution in [0.3, 0.4) is 0 Å². The van der Waals surface area contributed by atoms with Gasteiger partial charge in [-0.25, -0.2) is 4.90 Å². The van der Waals surface area contributed by atoms with Crippen molar-refractivity contribution in [2.45, 2.75) is 18.3 Å². The fraction of sp³-hybridized carbons (Fsp3) is 0.286. The molecular weight excluding hydrogens is 426 g/mol. The van der Waals surface area contributed by atoms with Crippen molar-refractivity contribution in [2.24, 2.45) is 22.9 Å². The van der Waals surface area contributed by atoms with Crippen LogP contribution in [0.5, 0.6) is 0 Å². The summed E-state index contributed by atoms with van der Waals surface area (Å²) in [7, 11) is 0. The van der Waals surface area contributed by atoms with Crippen LogP contribution in [0.15, 0.2) is 53.7 Å². The Kier molecular flexibility index (Phi) is 3.78. The summed E-state index contributed by atoms with van der Waals surface area (Å²) in [5.41, 5.74) is 1.45. The Morgan fingerprint density at radius 1 is 0.968 bits per heavy atom. The van der Waals surface area contributed by atoms with E-state index in [9.17, 15) is 19.7 Å². The van der Waals surface area contributed by atoms with Crippen LogP contribution < -0.4 is 4.90 Å². The third-order valence-electron chi connectivity index (χ3n) is 6.48. The maximum absolute atomic E-state index is 13.3. The number of benzene rings is 2. The van der Waals surface area contributed by atoms with Crippen LogP contribution in [0.4, 0.5) is 11.4 Å². The summed E-state index contributed by atoms with van der Waals surface area (Å²) in [5, 5.41) is 15.8. The van der Waals surface area contributed by atoms with E-state index in [4.69, 9.17) is 21.2 Å². The third kappa shape index (κ3) is 2.44. The van der Waals surface area contributed by atoms with Gasteiger partial charge in [0.2, 0.25) is 11.8 Å². The third-order valence-corrected chi connectivity index (χ3v) is 6.73. The van der Waals surface area contributed by atoms with Crippen molar-refractivity contribution in [3.63, 3.8) is 0 Å². The Bertz CT molecular complexity index is 1180. The maximum atomic E-state index is 13.3. The number of carbonyl (C=O) groups excluding carboxylic acids is 2. The first kappa shape index (κ1) is 18.5. The molecule has 3 fully saturated rings. The van der Waals surface area contributed by atoms with Crippen molar-refractivity contribution in [3.8, 4) is 0 Å². The summed E-state index contributed by atoms with van der Waals surface area (Å²) in [4.78, 5) is 43.9. The summed E-state index contributed by atoms with van der Waals surface area (Å²) in [6.45, 7) is 0. The van der Waals surface area contributed by atoms with Crippen molar-refractivity contribution >= 4 is 40.5 Å². The predicted molar refractivity (Wildman–Crippen MR) is 108 cm³/mol. The molecule has 2 bridgehead atoms. The maximum Gasteiger partial charge on any atom is 0.270 e. The fourth-order valence-corrected chi connectivity index (χ4v) is 5.35. The number of hydrogen-bond acceptors (Lipinski definition) is 7. The molecule has 6 atom stereocenters. The smallest absolute Gasteiger partial charge is 0.270 e. The molecular formula is C21H14ClN3O6. The van der Waals surface area contributed by atoms with E-state index < -0.39 is 35.1 Å². The number of fused-ring (bicyclic) bond motifs is 8. The number of carbonyl (C=O) groups is 2. The van der Waals surface area contributed by atoms with Crippen LogP contribution in [0, 0.1) is 27.9 Å². The first-order valence-electron chi connectivity index (χ1n) is 9.73. The van der Waals surface area contributed by atoms with Crippen molar-refractivity contribution < 1.29 is 24.1 Å². The monoisotopic (exact) mass is 439 g/mol. The van der Waals surface area contributed by atoms with Gasteiger partial charge < -0.3 is 9.57 Å². The lowest BCUT2D eigenvalue weighted by molar-refractivity contribution is -0.384. The number of halogens is 1. The topological polar surface area (TPSA) is 111 Å². The molecule has 4 aliphatic heterocycles. The zero-order valence-corrected chi connectivity index (χ0v) is 16.5. The highest BCUT2D eigenvalue weighted by Crippen LogP contribution is 2.55. The zero-order chi connectivity index (χ0) is 21.4. The second-order valence-electron chi connectivity index (χ2n) is 7.98. The van der Waals surface area contributed by atoms with Crippen LogP contribution in [0.25, 0.3) is 0 Å². The van der Waals surface area contributed by atoms with Gasteiger partial charge in [-0.3, -0.25) is 19.7 Å². The number of non-ortho nitro benzene ring substituents is 1. The molecule has 3 saturated heterocycles. The first-order chi connectivity index (χ1) is 15.0. The quantitative estimate of drug-likeness (QED) is 0.413. The van der Waals surface area contributed by atoms with Gasteiger partial charge in [0, 0.05) is 22.7 Å². The molecule has 0 aromatic heterocycles. The molecule has 4 aliphatic rings. The Morgan fingerprint density at radius 3 is 2.39 bits per heavy atom. The number of nitrogens with zero attached hydrogens (tertiary/aromatic N) is 3. The minimum absolute atomic E-state index is 0.0633. The van der Waals surface area contributed by atoms with Gasteiger partial charge in [0.25, 0.3) is 5.69 Å². The number of imide groups is 1. The highest BCUT2D eigenvalue weighted by atomic mass is 35.5. The highest BCUT2D eigenvalue weighted by Gasteiger charge is 2.72. The molecule has 2 amide bonds. The summed E-state index contributed by atoms with van der Waals surface area (Å²) >= 11 is 5.93. The van der Waals surface area contributed by atoms with Crippen LogP contribution >= 0.6 is 11.6 Å². The molecule has 156 valence electrons. The first-order valence-corrected chi connectivity index (χ1v) is 10.1. The second-order valence-corrected chi connectivity index (χ2v) is 8.42. The molecule has 0 spiro atoms. The summed E-state index contributed by atoms with van der Waals surface area (Å²) < 4.78 is 6.05. The van der Waals surface area contributed by atoms with Crippen molar-refractivity contribution in [1.82, 2.24) is 0 Å². The minimum atomic E-state index is -0.653. The number of nitro benzene ring substituents is 1. The number of amides is 2. The molecule has 0 N–H and O–H groups in total. The molecule has 6 unspecified atom stereocenters. The lowest BCUT2D eigenvalue weighted by Gasteiger charge is -2.26. The van der Waals surface area contributed by atoms with Crippen LogP contribution in [-0.4, -0.2) is 40.8 Å². The van der Waals surface area contributed by atoms with E-state index in [1.807, 2.05) is 0 Å². The molecule has 6 rings (SSSR count). The minimum Gasteiger partial charge on any atom is -0.389 e. The molecule has 10 heteroatoms. The molecule has 4 heterocycles. The summed E-state index contributed by atoms with van der Waals surface area (Å²) in [6, 6.07) is 12.6. The Morgan fingerprint density at radius 2 is 1.68 bits per heavy atom. The number of hydrogen-bond donors (Lipinski definition) is 0. The molecule has 9 nitrogen and oxygen atoms in total. The van der Waals surface area contributed by atoms with E-state index in [2.05, 4.69) is 5.16 Å². The molecule has 2 aromatic rings. The van der Waals surface area contributed by atoms with Gasteiger partial charge in [-0.2, -0.15) is 0 Å². The number of ether oxygens (including phenoxy) is 1. The second kappa shape index (κ2) is 6.35. The van der Waals surface area contributed by atoms with Gasteiger partial charge in [0.15, 0.2) is 6.10 Å². The fourth-order valence-electron chi connectivity index (χ4n) is 5.22. The van der Waals surface area contributed by atoms with Gasteiger partial charge >= 0.3 is 0 Å². The van der Waals surface area contributed by atoms with Gasteiger partial charge in [-0.05, 0) is 24.3 Å². The van der Waals surface area contributed by atoms with Gasteiger partial charge in [0.05, 0.1) is 40.2 Å². The Hall–Kier alpha value is -3.30. The van der Waals surface area contributed by atoms with E-state index in [1.54, 1.807) is 36.4 Å². The molecule has 0 aliphatic carbocycles. The van der Waals surface area contributed by atoms with Gasteiger partial charge in [-0.15, -0.1) is 0 Å². The molecule has 2 aromatic carbocycles. The summed E-state index contributed by atoms with van der Waals surface area (Å²) in [5.74, 6) is -2.33. The average Bonchev–Trinajstić information content (AvgIpc) is 3.49. The largest absolute Gasteiger partial charge is 0.389 e. The van der Waals surface area contributed by atoms with E-state index in [-0.39, 0.29) is 23.4 Å². The predicted octanol–water partition coefficient (Wildman–Crippen LogP) is 2.55. The Labute approximate surface area is 180 Å². The van der Waals surface area contributed by atoms with Crippen molar-refractivity contribution in [3.05, 3.63) is 69.2 Å². The lowest BCUT2D eigenvalue weighted by atomic mass is 9.71. The zero-order valence-electron chi connectivity index (χ0n) is 15.8. The van der Waals surface area contributed by atoms with Gasteiger partial charge in [0.1, 0.15) is 6.10 Å². The standard InChI is InChI=1S/C21H14ClN3O6/c22-10-4-6-11(7-5-10)24-20(26)13-14(21(24)27)18-19-15(17(13)30-18)16(23-31-19)9-2-1-3-12(8-9)25(28)29/h1-8,13-15,17-19H. The van der Waals surface area contributed by atoms with Crippen molar-refractivity contribution in [2.75, 3.05) is 4.90 Å². The highest BCUT2D eigenvalue weighted by molar-refractivity contribution is 6.31. The van der Waals surface area contributed by atoms with E-state index in [0.717, 1.165) is 0 Å². The van der Waals surface area contributed by atoms with Crippen LogP contribution in [0.1, 0.15) is 5.56 Å². The van der Waals surface area contributed by atoms with E-state index >= 15 is 0 Å². The van der Waals surface area contributed by atoms with Crippen molar-refractivity contribution in [1.29, 1.82) is 0 Å². The number of anilines is 1. The molecule has 0 radical (unpaired) electrons. The summed E-state index contributed by atoms with van der Waals surface area (Å²) in [6.07, 6.45) is -1.70. The van der Waals surface area contributed by atoms with Crippen LogP contribution in [0.2, 0.25) is 5.02 Å². The number of oxime groups is 1. The average molecular weight is 440 g/mol. The lowest BCUT2D eigenvalue weighted by Crippen LogP contribution is -2.45.